The molecule has 4 rings (SSSR count). The van der Waals surface area contributed by atoms with Crippen LogP contribution in [0.4, 0.5) is 11.5 Å². The van der Waals surface area contributed by atoms with Crippen LogP contribution in [0.2, 0.25) is 0 Å². The van der Waals surface area contributed by atoms with E-state index in [4.69, 9.17) is 4.74 Å². The van der Waals surface area contributed by atoms with Gasteiger partial charge in [0.05, 0.1) is 6.20 Å². The monoisotopic (exact) mass is 393 g/mol. The van der Waals surface area contributed by atoms with Gasteiger partial charge in [-0.25, -0.2) is 9.50 Å². The number of imidazole rings is 1. The quantitative estimate of drug-likeness (QED) is 0.683. The largest absolute Gasteiger partial charge is 0.438 e. The molecule has 0 aliphatic heterocycles. The topological polar surface area (TPSA) is 97.6 Å². The van der Waals surface area contributed by atoms with Gasteiger partial charge in [0.2, 0.25) is 17.7 Å². The number of nitrogens with one attached hydrogen (secondary N) is 2. The molecule has 1 aliphatic carbocycles. The summed E-state index contributed by atoms with van der Waals surface area (Å²) in [5, 5.41) is 9.97. The maximum atomic E-state index is 12.5. The van der Waals surface area contributed by atoms with Gasteiger partial charge in [-0.3, -0.25) is 9.59 Å². The molecule has 0 unspecified atom stereocenters. The molecule has 150 valence electrons. The number of amides is 2. The average molecular weight is 393 g/mol. The smallest absolute Gasteiger partial charge is 0.237 e. The third kappa shape index (κ3) is 4.71. The highest BCUT2D eigenvalue weighted by atomic mass is 16.5. The fourth-order valence-electron chi connectivity index (χ4n) is 3.53. The van der Waals surface area contributed by atoms with Crippen molar-refractivity contribution in [2.75, 3.05) is 10.6 Å². The molecule has 0 spiro atoms. The Balaban J connectivity index is 1.45. The van der Waals surface area contributed by atoms with Gasteiger partial charge >= 0.3 is 0 Å². The van der Waals surface area contributed by atoms with E-state index in [-0.39, 0.29) is 17.7 Å². The third-order valence-electron chi connectivity index (χ3n) is 4.90. The summed E-state index contributed by atoms with van der Waals surface area (Å²) < 4.78 is 7.38. The lowest BCUT2D eigenvalue weighted by molar-refractivity contribution is -0.120. The van der Waals surface area contributed by atoms with Gasteiger partial charge in [-0.05, 0) is 31.0 Å². The summed E-state index contributed by atoms with van der Waals surface area (Å²) in [4.78, 5) is 27.9. The number of fused-ring (bicyclic) bond motifs is 1. The number of ether oxygens (including phenoxy) is 1. The highest BCUT2D eigenvalue weighted by Gasteiger charge is 2.21. The van der Waals surface area contributed by atoms with Crippen molar-refractivity contribution in [1.29, 1.82) is 0 Å². The molecular formula is C21H23N5O3. The minimum absolute atomic E-state index is 0.0744. The van der Waals surface area contributed by atoms with Crippen LogP contribution in [0, 0.1) is 5.92 Å². The zero-order valence-electron chi connectivity index (χ0n) is 16.2. The molecular weight excluding hydrogens is 370 g/mol. The Labute approximate surface area is 168 Å². The van der Waals surface area contributed by atoms with Crippen LogP contribution >= 0.6 is 0 Å². The zero-order valence-corrected chi connectivity index (χ0v) is 16.2. The van der Waals surface area contributed by atoms with Gasteiger partial charge in [-0.15, -0.1) is 5.10 Å². The molecule has 1 fully saturated rings. The van der Waals surface area contributed by atoms with Crippen molar-refractivity contribution in [2.45, 2.75) is 39.0 Å². The van der Waals surface area contributed by atoms with Crippen LogP contribution in [0.5, 0.6) is 11.6 Å². The Hall–Kier alpha value is -3.42. The van der Waals surface area contributed by atoms with Crippen molar-refractivity contribution in [2.24, 2.45) is 5.92 Å². The van der Waals surface area contributed by atoms with Crippen molar-refractivity contribution >= 4 is 29.0 Å². The molecule has 2 amide bonds. The van der Waals surface area contributed by atoms with Crippen LogP contribution < -0.4 is 15.4 Å². The number of aromatic nitrogens is 3. The van der Waals surface area contributed by atoms with Crippen LogP contribution in [0.1, 0.15) is 39.0 Å². The molecule has 8 nitrogen and oxygen atoms in total. The van der Waals surface area contributed by atoms with E-state index >= 15 is 0 Å². The van der Waals surface area contributed by atoms with E-state index in [2.05, 4.69) is 20.7 Å². The lowest BCUT2D eigenvalue weighted by Crippen LogP contribution is -2.24. The first kappa shape index (κ1) is 18.9. The first-order chi connectivity index (χ1) is 14.1. The van der Waals surface area contributed by atoms with Crippen molar-refractivity contribution < 1.29 is 14.3 Å². The minimum Gasteiger partial charge on any atom is -0.438 e. The molecule has 2 N–H and O–H groups in total. The van der Waals surface area contributed by atoms with Gasteiger partial charge in [0, 0.05) is 30.7 Å². The highest BCUT2D eigenvalue weighted by molar-refractivity contribution is 5.92. The standard InChI is InChI=1S/C21H23N5O3/c1-14(27)22-18-13-26-19(24-18)10-11-20(25-26)29-17-9-5-8-16(12-17)23-21(28)15-6-3-2-4-7-15/h5,8-13,15H,2-4,6-7H2,1H3,(H,22,27)(H,23,28). The molecule has 0 bridgehead atoms. The van der Waals surface area contributed by atoms with E-state index < -0.39 is 0 Å². The molecule has 1 saturated carbocycles. The van der Waals surface area contributed by atoms with E-state index in [0.29, 0.717) is 28.8 Å². The molecule has 2 aromatic heterocycles. The molecule has 2 heterocycles. The molecule has 0 radical (unpaired) electrons. The Morgan fingerprint density at radius 3 is 2.72 bits per heavy atom. The van der Waals surface area contributed by atoms with Gasteiger partial charge in [0.1, 0.15) is 5.75 Å². The van der Waals surface area contributed by atoms with Gasteiger partial charge < -0.3 is 15.4 Å². The summed E-state index contributed by atoms with van der Waals surface area (Å²) in [7, 11) is 0. The van der Waals surface area contributed by atoms with Gasteiger partial charge in [0.15, 0.2) is 11.5 Å². The van der Waals surface area contributed by atoms with Crippen molar-refractivity contribution in [3.63, 3.8) is 0 Å². The summed E-state index contributed by atoms with van der Waals surface area (Å²) in [6.45, 7) is 1.42. The lowest BCUT2D eigenvalue weighted by Gasteiger charge is -2.20. The van der Waals surface area contributed by atoms with Crippen LogP contribution in [0.3, 0.4) is 0 Å². The summed E-state index contributed by atoms with van der Waals surface area (Å²) in [6.07, 6.45) is 6.98. The van der Waals surface area contributed by atoms with E-state index in [1.54, 1.807) is 30.5 Å². The maximum Gasteiger partial charge on any atom is 0.237 e. The maximum absolute atomic E-state index is 12.5. The Morgan fingerprint density at radius 1 is 1.10 bits per heavy atom. The normalized spacial score (nSPS) is 14.5. The molecule has 0 atom stereocenters. The van der Waals surface area contributed by atoms with Crippen LogP contribution in [-0.2, 0) is 9.59 Å². The summed E-state index contributed by atoms with van der Waals surface area (Å²) >= 11 is 0. The predicted octanol–water partition coefficient (Wildman–Crippen LogP) is 4.00. The molecule has 8 heteroatoms. The van der Waals surface area contributed by atoms with E-state index in [9.17, 15) is 9.59 Å². The second kappa shape index (κ2) is 8.30. The van der Waals surface area contributed by atoms with Gasteiger partial charge in [-0.1, -0.05) is 25.3 Å². The zero-order chi connectivity index (χ0) is 20.2. The lowest BCUT2D eigenvalue weighted by atomic mass is 9.88. The van der Waals surface area contributed by atoms with Crippen LogP contribution in [0.15, 0.2) is 42.6 Å². The number of carbonyl (C=O) groups excluding carboxylic acids is 2. The third-order valence-corrected chi connectivity index (χ3v) is 4.90. The minimum atomic E-state index is -0.197. The second-order valence-electron chi connectivity index (χ2n) is 7.24. The van der Waals surface area contributed by atoms with Gasteiger partial charge in [0.25, 0.3) is 0 Å². The highest BCUT2D eigenvalue weighted by Crippen LogP contribution is 2.27. The molecule has 0 saturated heterocycles. The second-order valence-corrected chi connectivity index (χ2v) is 7.24. The summed E-state index contributed by atoms with van der Waals surface area (Å²) in [5.41, 5.74) is 1.30. The summed E-state index contributed by atoms with van der Waals surface area (Å²) in [5.74, 6) is 1.34. The summed E-state index contributed by atoms with van der Waals surface area (Å²) in [6, 6.07) is 10.7. The van der Waals surface area contributed by atoms with Crippen LogP contribution in [-0.4, -0.2) is 26.4 Å². The number of carbonyl (C=O) groups is 2. The molecule has 29 heavy (non-hydrogen) atoms. The fourth-order valence-corrected chi connectivity index (χ4v) is 3.53. The van der Waals surface area contributed by atoms with Crippen molar-refractivity contribution in [3.05, 3.63) is 42.6 Å². The first-order valence-corrected chi connectivity index (χ1v) is 9.80. The number of rotatable bonds is 5. The first-order valence-electron chi connectivity index (χ1n) is 9.80. The molecule has 3 aromatic rings. The SMILES string of the molecule is CC(=O)Nc1cn2nc(Oc3cccc(NC(=O)C4CCCCC4)c3)ccc2n1. The Bertz CT molecular complexity index is 1040. The van der Waals surface area contributed by atoms with E-state index in [0.717, 1.165) is 25.7 Å². The number of hydrogen-bond acceptors (Lipinski definition) is 5. The van der Waals surface area contributed by atoms with Crippen molar-refractivity contribution in [3.8, 4) is 11.6 Å². The van der Waals surface area contributed by atoms with E-state index in [1.807, 2.05) is 12.1 Å². The average Bonchev–Trinajstić information content (AvgIpc) is 3.09. The fraction of sp³-hybridized carbons (Fsp3) is 0.333. The predicted molar refractivity (Wildman–Crippen MR) is 109 cm³/mol. The Morgan fingerprint density at radius 2 is 1.93 bits per heavy atom. The van der Waals surface area contributed by atoms with E-state index in [1.165, 1.54) is 17.9 Å². The van der Waals surface area contributed by atoms with Crippen LogP contribution in [0.25, 0.3) is 5.65 Å². The van der Waals surface area contributed by atoms with Gasteiger partial charge in [-0.2, -0.15) is 0 Å². The number of anilines is 2. The molecule has 1 aliphatic rings. The number of benzene rings is 1. The van der Waals surface area contributed by atoms with Crippen molar-refractivity contribution in [1.82, 2.24) is 14.6 Å². The number of nitrogens with zero attached hydrogens (tertiary/aromatic N) is 3. The molecule has 1 aromatic carbocycles. The number of hydrogen-bond donors (Lipinski definition) is 2. The Kier molecular flexibility index (Phi) is 5.41.